The topological polar surface area (TPSA) is 95.7 Å². The van der Waals surface area contributed by atoms with Gasteiger partial charge in [0.25, 0.3) is 11.8 Å². The SMILES string of the molecule is C=CC(=O)N(/C=C\C)c1ccc(C(=O)NC2CN(C(N)=O)CC(C)(C)CC(C)(C)C2)cc1. The second-order valence-corrected chi connectivity index (χ2v) is 10.0. The fourth-order valence-corrected chi connectivity index (χ4v) is 4.84. The minimum Gasteiger partial charge on any atom is -0.351 e. The van der Waals surface area contributed by atoms with Crippen LogP contribution in [0.25, 0.3) is 0 Å². The van der Waals surface area contributed by atoms with Gasteiger partial charge in [-0.15, -0.1) is 0 Å². The molecule has 2 rings (SSSR count). The van der Waals surface area contributed by atoms with Crippen LogP contribution in [0, 0.1) is 10.8 Å². The first kappa shape index (κ1) is 25.2. The molecule has 0 bridgehead atoms. The monoisotopic (exact) mass is 440 g/mol. The molecule has 0 radical (unpaired) electrons. The van der Waals surface area contributed by atoms with Crippen LogP contribution in [0.1, 0.15) is 57.8 Å². The van der Waals surface area contributed by atoms with E-state index in [0.717, 1.165) is 12.8 Å². The second-order valence-electron chi connectivity index (χ2n) is 10.0. The molecule has 1 unspecified atom stereocenters. The predicted octanol–water partition coefficient (Wildman–Crippen LogP) is 4.06. The van der Waals surface area contributed by atoms with Gasteiger partial charge in [-0.1, -0.05) is 40.3 Å². The molecule has 32 heavy (non-hydrogen) atoms. The standard InChI is InChI=1S/C25H36N4O3/c1-7-13-29(21(30)8-2)20-11-9-18(10-12-20)22(31)27-19-14-24(3,4)16-25(5,6)17-28(15-19)23(26)32/h7-13,19H,2,14-17H2,1,3-6H3,(H2,26,32)(H,27,31)/b13-7-. The van der Waals surface area contributed by atoms with Crippen LogP contribution in [0.15, 0.2) is 49.2 Å². The Labute approximate surface area is 191 Å². The van der Waals surface area contributed by atoms with Crippen molar-refractivity contribution < 1.29 is 14.4 Å². The summed E-state index contributed by atoms with van der Waals surface area (Å²) in [6.45, 7) is 14.9. The molecule has 1 heterocycles. The number of carbonyl (C=O) groups excluding carboxylic acids is 3. The Morgan fingerprint density at radius 2 is 1.78 bits per heavy atom. The maximum atomic E-state index is 13.0. The minimum absolute atomic E-state index is 0.00687. The van der Waals surface area contributed by atoms with Crippen LogP contribution in [0.5, 0.6) is 0 Å². The van der Waals surface area contributed by atoms with E-state index in [0.29, 0.717) is 24.3 Å². The quantitative estimate of drug-likeness (QED) is 0.676. The molecular formula is C25H36N4O3. The fraction of sp³-hybridized carbons (Fsp3) is 0.480. The van der Waals surface area contributed by atoms with E-state index < -0.39 is 6.03 Å². The van der Waals surface area contributed by atoms with Gasteiger partial charge in [0, 0.05) is 36.6 Å². The van der Waals surface area contributed by atoms with Crippen LogP contribution in [-0.4, -0.2) is 41.9 Å². The molecule has 1 fully saturated rings. The van der Waals surface area contributed by atoms with Gasteiger partial charge < -0.3 is 16.0 Å². The molecule has 1 aromatic rings. The summed E-state index contributed by atoms with van der Waals surface area (Å²) in [5.74, 6) is -0.485. The number of hydrogen-bond acceptors (Lipinski definition) is 3. The van der Waals surface area contributed by atoms with Gasteiger partial charge in [0.2, 0.25) is 0 Å². The Hall–Kier alpha value is -3.09. The molecule has 1 saturated heterocycles. The van der Waals surface area contributed by atoms with Crippen LogP contribution in [0.2, 0.25) is 0 Å². The lowest BCUT2D eigenvalue weighted by Gasteiger charge is -2.44. The minimum atomic E-state index is -0.475. The number of urea groups is 1. The Morgan fingerprint density at radius 3 is 2.31 bits per heavy atom. The van der Waals surface area contributed by atoms with Crippen LogP contribution < -0.4 is 16.0 Å². The van der Waals surface area contributed by atoms with Gasteiger partial charge in [0.15, 0.2) is 0 Å². The van der Waals surface area contributed by atoms with Crippen LogP contribution in [-0.2, 0) is 4.79 Å². The van der Waals surface area contributed by atoms with Crippen molar-refractivity contribution >= 4 is 23.5 Å². The molecule has 1 aromatic carbocycles. The van der Waals surface area contributed by atoms with Crippen molar-refractivity contribution in [1.82, 2.24) is 10.2 Å². The number of anilines is 1. The van der Waals surface area contributed by atoms with Crippen molar-refractivity contribution in [2.45, 2.75) is 53.5 Å². The van der Waals surface area contributed by atoms with E-state index in [1.54, 1.807) is 41.4 Å². The lowest BCUT2D eigenvalue weighted by molar-refractivity contribution is -0.113. The maximum Gasteiger partial charge on any atom is 0.314 e. The largest absolute Gasteiger partial charge is 0.351 e. The molecule has 0 aliphatic carbocycles. The van der Waals surface area contributed by atoms with E-state index in [9.17, 15) is 14.4 Å². The smallest absolute Gasteiger partial charge is 0.314 e. The highest BCUT2D eigenvalue weighted by atomic mass is 16.2. The lowest BCUT2D eigenvalue weighted by atomic mass is 9.70. The number of rotatable bonds is 5. The molecule has 0 saturated carbocycles. The Kier molecular flexibility index (Phi) is 7.88. The van der Waals surface area contributed by atoms with Crippen molar-refractivity contribution in [2.24, 2.45) is 16.6 Å². The number of likely N-dealkylation sites (tertiary alicyclic amines) is 1. The summed E-state index contributed by atoms with van der Waals surface area (Å²) in [6.07, 6.45) is 6.28. The molecule has 1 aliphatic rings. The van der Waals surface area contributed by atoms with E-state index >= 15 is 0 Å². The molecule has 3 N–H and O–H groups in total. The molecule has 174 valence electrons. The van der Waals surface area contributed by atoms with Gasteiger partial charge in [-0.25, -0.2) is 4.79 Å². The Bertz CT molecular complexity index is 887. The summed E-state index contributed by atoms with van der Waals surface area (Å²) in [6, 6.07) is 6.11. The van der Waals surface area contributed by atoms with E-state index in [-0.39, 0.29) is 28.7 Å². The molecule has 7 nitrogen and oxygen atoms in total. The predicted molar refractivity (Wildman–Crippen MR) is 128 cm³/mol. The zero-order valence-electron chi connectivity index (χ0n) is 19.9. The van der Waals surface area contributed by atoms with Crippen molar-refractivity contribution in [3.8, 4) is 0 Å². The highest BCUT2D eigenvalue weighted by Gasteiger charge is 2.37. The lowest BCUT2D eigenvalue weighted by Crippen LogP contribution is -2.54. The third kappa shape index (κ3) is 6.70. The van der Waals surface area contributed by atoms with Crippen molar-refractivity contribution in [3.05, 3.63) is 54.8 Å². The number of hydrogen-bond donors (Lipinski definition) is 2. The normalized spacial score (nSPS) is 20.2. The number of nitrogens with one attached hydrogen (secondary N) is 1. The van der Waals surface area contributed by atoms with E-state index in [1.165, 1.54) is 11.0 Å². The number of nitrogens with two attached hydrogens (primary N) is 1. The summed E-state index contributed by atoms with van der Waals surface area (Å²) in [5.41, 5.74) is 6.66. The number of carbonyl (C=O) groups is 3. The average molecular weight is 441 g/mol. The van der Waals surface area contributed by atoms with Crippen molar-refractivity contribution in [2.75, 3.05) is 18.0 Å². The van der Waals surface area contributed by atoms with E-state index in [2.05, 4.69) is 39.6 Å². The Morgan fingerprint density at radius 1 is 1.16 bits per heavy atom. The molecule has 7 heteroatoms. The molecular weight excluding hydrogens is 404 g/mol. The third-order valence-electron chi connectivity index (χ3n) is 5.58. The first-order chi connectivity index (χ1) is 14.9. The van der Waals surface area contributed by atoms with Gasteiger partial charge in [0.1, 0.15) is 0 Å². The van der Waals surface area contributed by atoms with E-state index in [1.807, 2.05) is 6.92 Å². The number of benzene rings is 1. The highest BCUT2D eigenvalue weighted by Crippen LogP contribution is 2.39. The van der Waals surface area contributed by atoms with Gasteiger partial charge in [-0.3, -0.25) is 14.5 Å². The fourth-order valence-electron chi connectivity index (χ4n) is 4.84. The zero-order chi connectivity index (χ0) is 24.1. The second kappa shape index (κ2) is 10.0. The molecule has 0 aromatic heterocycles. The summed E-state index contributed by atoms with van der Waals surface area (Å²) >= 11 is 0. The number of nitrogens with zero attached hydrogens (tertiary/aromatic N) is 2. The first-order valence-electron chi connectivity index (χ1n) is 10.9. The third-order valence-corrected chi connectivity index (χ3v) is 5.58. The Balaban J connectivity index is 2.19. The molecule has 1 aliphatic heterocycles. The van der Waals surface area contributed by atoms with Gasteiger partial charge in [-0.05, 0) is 60.9 Å². The highest BCUT2D eigenvalue weighted by molar-refractivity contribution is 6.03. The van der Waals surface area contributed by atoms with Gasteiger partial charge in [0.05, 0.1) is 0 Å². The summed E-state index contributed by atoms with van der Waals surface area (Å²) in [4.78, 5) is 40.1. The molecule has 0 spiro atoms. The molecule has 4 amide bonds. The number of primary amides is 1. The van der Waals surface area contributed by atoms with Crippen LogP contribution in [0.3, 0.4) is 0 Å². The maximum absolute atomic E-state index is 13.0. The van der Waals surface area contributed by atoms with Gasteiger partial charge >= 0.3 is 6.03 Å². The summed E-state index contributed by atoms with van der Waals surface area (Å²) < 4.78 is 0. The van der Waals surface area contributed by atoms with Crippen LogP contribution >= 0.6 is 0 Å². The van der Waals surface area contributed by atoms with Crippen molar-refractivity contribution in [3.63, 3.8) is 0 Å². The van der Waals surface area contributed by atoms with E-state index in [4.69, 9.17) is 5.73 Å². The zero-order valence-corrected chi connectivity index (χ0v) is 19.9. The summed E-state index contributed by atoms with van der Waals surface area (Å²) in [7, 11) is 0. The number of amides is 4. The van der Waals surface area contributed by atoms with Gasteiger partial charge in [-0.2, -0.15) is 0 Å². The molecule has 1 atom stereocenters. The number of allylic oxidation sites excluding steroid dienone is 1. The van der Waals surface area contributed by atoms with Crippen LogP contribution in [0.4, 0.5) is 10.5 Å². The average Bonchev–Trinajstić information content (AvgIpc) is 2.68. The first-order valence-corrected chi connectivity index (χ1v) is 10.9. The summed E-state index contributed by atoms with van der Waals surface area (Å²) in [5, 5.41) is 3.08. The van der Waals surface area contributed by atoms with Crippen molar-refractivity contribution in [1.29, 1.82) is 0 Å².